The van der Waals surface area contributed by atoms with Crippen LogP contribution in [0.15, 0.2) is 24.8 Å². The first kappa shape index (κ1) is 9.33. The zero-order chi connectivity index (χ0) is 9.80. The summed E-state index contributed by atoms with van der Waals surface area (Å²) >= 11 is 1.82. The highest BCUT2D eigenvalue weighted by Crippen LogP contribution is 2.05. The molecule has 0 aliphatic rings. The molecule has 74 valence electrons. The number of hydrogen-bond acceptors (Lipinski definition) is 4. The summed E-state index contributed by atoms with van der Waals surface area (Å²) in [5, 5.41) is 3.25. The Hall–Kier alpha value is -1.23. The third kappa shape index (κ3) is 1.98. The minimum atomic E-state index is 0.875. The molecule has 0 amide bonds. The van der Waals surface area contributed by atoms with Crippen LogP contribution in [0.2, 0.25) is 0 Å². The summed E-state index contributed by atoms with van der Waals surface area (Å²) in [6.07, 6.45) is 9.48. The molecule has 4 nitrogen and oxygen atoms in total. The van der Waals surface area contributed by atoms with Crippen molar-refractivity contribution in [2.45, 2.75) is 0 Å². The van der Waals surface area contributed by atoms with E-state index in [1.807, 2.05) is 28.6 Å². The number of rotatable bonds is 4. The third-order valence-electron chi connectivity index (χ3n) is 1.89. The third-order valence-corrected chi connectivity index (χ3v) is 2.50. The quantitative estimate of drug-likeness (QED) is 0.773. The summed E-state index contributed by atoms with van der Waals surface area (Å²) in [4.78, 5) is 8.37. The molecule has 2 heterocycles. The number of nitrogens with one attached hydrogen (secondary N) is 1. The first-order valence-corrected chi connectivity index (χ1v) is 5.81. The molecular weight excluding hydrogens is 196 g/mol. The Kier molecular flexibility index (Phi) is 2.88. The van der Waals surface area contributed by atoms with Crippen LogP contribution in [0.5, 0.6) is 0 Å². The van der Waals surface area contributed by atoms with Crippen molar-refractivity contribution in [1.82, 2.24) is 14.4 Å². The Bertz CT molecular complexity index is 412. The number of fused-ring (bicyclic) bond motifs is 1. The smallest absolute Gasteiger partial charge is 0.155 e. The Morgan fingerprint density at radius 1 is 1.50 bits per heavy atom. The Morgan fingerprint density at radius 2 is 2.43 bits per heavy atom. The highest BCUT2D eigenvalue weighted by Gasteiger charge is 1.96. The van der Waals surface area contributed by atoms with Gasteiger partial charge in [-0.2, -0.15) is 11.8 Å². The molecule has 0 aliphatic heterocycles. The van der Waals surface area contributed by atoms with E-state index in [2.05, 4.69) is 21.5 Å². The lowest BCUT2D eigenvalue weighted by atomic mass is 10.6. The number of anilines is 1. The molecule has 1 N–H and O–H groups in total. The van der Waals surface area contributed by atoms with E-state index in [0.29, 0.717) is 0 Å². The van der Waals surface area contributed by atoms with Crippen molar-refractivity contribution in [1.29, 1.82) is 0 Å². The molecule has 0 radical (unpaired) electrons. The van der Waals surface area contributed by atoms with Crippen LogP contribution in [0.3, 0.4) is 0 Å². The lowest BCUT2D eigenvalue weighted by molar-refractivity contribution is 1.09. The van der Waals surface area contributed by atoms with E-state index in [4.69, 9.17) is 0 Å². The van der Waals surface area contributed by atoms with Gasteiger partial charge in [0, 0.05) is 24.7 Å². The van der Waals surface area contributed by atoms with Crippen LogP contribution in [0.1, 0.15) is 0 Å². The van der Waals surface area contributed by atoms with Crippen LogP contribution >= 0.6 is 11.8 Å². The summed E-state index contributed by atoms with van der Waals surface area (Å²) in [6.45, 7) is 0.939. The van der Waals surface area contributed by atoms with Crippen molar-refractivity contribution in [3.8, 4) is 0 Å². The second-order valence-corrected chi connectivity index (χ2v) is 3.87. The van der Waals surface area contributed by atoms with Gasteiger partial charge in [0.1, 0.15) is 5.82 Å². The predicted molar refractivity (Wildman–Crippen MR) is 59.9 cm³/mol. The van der Waals surface area contributed by atoms with Gasteiger partial charge >= 0.3 is 0 Å². The van der Waals surface area contributed by atoms with Gasteiger partial charge < -0.3 is 9.72 Å². The van der Waals surface area contributed by atoms with Crippen molar-refractivity contribution < 1.29 is 0 Å². The van der Waals surface area contributed by atoms with Crippen LogP contribution in [0.4, 0.5) is 5.82 Å². The minimum Gasteiger partial charge on any atom is -0.368 e. The molecule has 2 aromatic heterocycles. The molecule has 0 bridgehead atoms. The van der Waals surface area contributed by atoms with E-state index < -0.39 is 0 Å². The molecule has 0 saturated heterocycles. The molecule has 0 saturated carbocycles. The van der Waals surface area contributed by atoms with E-state index >= 15 is 0 Å². The van der Waals surface area contributed by atoms with Crippen LogP contribution in [-0.2, 0) is 0 Å². The van der Waals surface area contributed by atoms with Gasteiger partial charge in [0.05, 0.1) is 12.4 Å². The van der Waals surface area contributed by atoms with Gasteiger partial charge in [-0.25, -0.2) is 9.97 Å². The first-order valence-electron chi connectivity index (χ1n) is 4.41. The normalized spacial score (nSPS) is 10.6. The zero-order valence-corrected chi connectivity index (χ0v) is 8.79. The number of hydrogen-bond donors (Lipinski definition) is 1. The van der Waals surface area contributed by atoms with E-state index in [-0.39, 0.29) is 0 Å². The summed E-state index contributed by atoms with van der Waals surface area (Å²) in [5.74, 6) is 1.98. The number of aromatic nitrogens is 3. The highest BCUT2D eigenvalue weighted by atomic mass is 32.2. The van der Waals surface area contributed by atoms with Crippen LogP contribution in [-0.4, -0.2) is 32.9 Å². The van der Waals surface area contributed by atoms with Crippen LogP contribution in [0, 0.1) is 0 Å². The Labute approximate surface area is 86.8 Å². The second-order valence-electron chi connectivity index (χ2n) is 2.88. The molecule has 2 aromatic rings. The SMILES string of the molecule is CSCCNc1cn2ccnc2cn1. The molecule has 0 fully saturated rings. The van der Waals surface area contributed by atoms with Gasteiger partial charge in [-0.05, 0) is 6.26 Å². The first-order chi connectivity index (χ1) is 6.90. The largest absolute Gasteiger partial charge is 0.368 e. The van der Waals surface area contributed by atoms with Crippen molar-refractivity contribution in [3.63, 3.8) is 0 Å². The molecule has 5 heteroatoms. The molecule has 0 aliphatic carbocycles. The second kappa shape index (κ2) is 4.32. The monoisotopic (exact) mass is 208 g/mol. The van der Waals surface area contributed by atoms with Gasteiger partial charge in [-0.3, -0.25) is 0 Å². The fraction of sp³-hybridized carbons (Fsp3) is 0.333. The molecule has 0 spiro atoms. The zero-order valence-electron chi connectivity index (χ0n) is 7.97. The molecule has 2 rings (SSSR count). The fourth-order valence-corrected chi connectivity index (χ4v) is 1.50. The van der Waals surface area contributed by atoms with E-state index in [1.54, 1.807) is 12.4 Å². The topological polar surface area (TPSA) is 42.2 Å². The number of nitrogens with zero attached hydrogens (tertiary/aromatic N) is 3. The molecule has 14 heavy (non-hydrogen) atoms. The van der Waals surface area contributed by atoms with Gasteiger partial charge in [0.25, 0.3) is 0 Å². The maximum absolute atomic E-state index is 4.25. The maximum Gasteiger partial charge on any atom is 0.155 e. The molecule has 0 unspecified atom stereocenters. The standard InChI is InChI=1S/C9H12N4S/c1-14-5-3-10-8-7-13-4-2-11-9(13)6-12-8/h2,4,6-7,10H,3,5H2,1H3. The summed E-state index contributed by atoms with van der Waals surface area (Å²) in [5.41, 5.74) is 0.875. The van der Waals surface area contributed by atoms with Gasteiger partial charge in [-0.15, -0.1) is 0 Å². The van der Waals surface area contributed by atoms with E-state index in [9.17, 15) is 0 Å². The van der Waals surface area contributed by atoms with Gasteiger partial charge in [-0.1, -0.05) is 0 Å². The van der Waals surface area contributed by atoms with Gasteiger partial charge in [0.15, 0.2) is 5.65 Å². The molecule has 0 aromatic carbocycles. The average Bonchev–Trinajstić information content (AvgIpc) is 2.65. The van der Waals surface area contributed by atoms with Crippen molar-refractivity contribution in [3.05, 3.63) is 24.8 Å². The summed E-state index contributed by atoms with van der Waals surface area (Å²) in [7, 11) is 0. The predicted octanol–water partition coefficient (Wildman–Crippen LogP) is 1.50. The lowest BCUT2D eigenvalue weighted by Gasteiger charge is -2.03. The van der Waals surface area contributed by atoms with E-state index in [0.717, 1.165) is 23.8 Å². The number of thioether (sulfide) groups is 1. The van der Waals surface area contributed by atoms with Crippen molar-refractivity contribution in [2.24, 2.45) is 0 Å². The maximum atomic E-state index is 4.25. The Balaban J connectivity index is 2.10. The van der Waals surface area contributed by atoms with Crippen LogP contribution in [0.25, 0.3) is 5.65 Å². The Morgan fingerprint density at radius 3 is 3.29 bits per heavy atom. The van der Waals surface area contributed by atoms with Crippen LogP contribution < -0.4 is 5.32 Å². The number of imidazole rings is 1. The molecule has 0 atom stereocenters. The van der Waals surface area contributed by atoms with E-state index in [1.165, 1.54) is 0 Å². The van der Waals surface area contributed by atoms with Crippen molar-refractivity contribution >= 4 is 23.2 Å². The molecular formula is C9H12N4S. The van der Waals surface area contributed by atoms with Crippen molar-refractivity contribution in [2.75, 3.05) is 23.9 Å². The summed E-state index contributed by atoms with van der Waals surface area (Å²) in [6, 6.07) is 0. The summed E-state index contributed by atoms with van der Waals surface area (Å²) < 4.78 is 1.95. The fourth-order valence-electron chi connectivity index (χ4n) is 1.20. The highest BCUT2D eigenvalue weighted by molar-refractivity contribution is 7.98. The van der Waals surface area contributed by atoms with Gasteiger partial charge in [0.2, 0.25) is 0 Å². The average molecular weight is 208 g/mol. The lowest BCUT2D eigenvalue weighted by Crippen LogP contribution is -2.06. The minimum absolute atomic E-state index is 0.875.